The Morgan fingerprint density at radius 3 is 2.47 bits per heavy atom. The molecule has 4 aromatic rings. The first-order valence-electron chi connectivity index (χ1n) is 9.23. The van der Waals surface area contributed by atoms with E-state index < -0.39 is 5.91 Å². The van der Waals surface area contributed by atoms with Crippen molar-refractivity contribution in [1.29, 1.82) is 0 Å². The molecule has 1 N–H and O–H groups in total. The predicted molar refractivity (Wildman–Crippen MR) is 117 cm³/mol. The second kappa shape index (κ2) is 8.34. The lowest BCUT2D eigenvalue weighted by Gasteiger charge is -2.08. The van der Waals surface area contributed by atoms with Gasteiger partial charge in [0.1, 0.15) is 0 Å². The second-order valence-corrected chi connectivity index (χ2v) is 7.74. The largest absolute Gasteiger partial charge is 0.355 e. The molecule has 30 heavy (non-hydrogen) atoms. The van der Waals surface area contributed by atoms with Crippen LogP contribution in [0.1, 0.15) is 27.3 Å². The van der Waals surface area contributed by atoms with Crippen LogP contribution >= 0.6 is 23.2 Å². The lowest BCUT2D eigenvalue weighted by atomic mass is 10.1. The monoisotopic (exact) mass is 440 g/mol. The average molecular weight is 441 g/mol. The van der Waals surface area contributed by atoms with Crippen LogP contribution in [0, 0.1) is 13.8 Å². The van der Waals surface area contributed by atoms with Gasteiger partial charge in [-0.2, -0.15) is 5.10 Å². The van der Waals surface area contributed by atoms with Gasteiger partial charge in [-0.25, -0.2) is 0 Å². The fourth-order valence-corrected chi connectivity index (χ4v) is 3.50. The molecule has 2 aromatic heterocycles. The lowest BCUT2D eigenvalue weighted by Crippen LogP contribution is -2.13. The van der Waals surface area contributed by atoms with Crippen molar-refractivity contribution in [1.82, 2.24) is 14.9 Å². The van der Waals surface area contributed by atoms with Crippen LogP contribution in [0.4, 0.5) is 5.82 Å². The molecule has 0 radical (unpaired) electrons. The van der Waals surface area contributed by atoms with Gasteiger partial charge in [-0.05, 0) is 26.0 Å². The number of carbonyl (C=O) groups is 1. The van der Waals surface area contributed by atoms with Crippen molar-refractivity contribution >= 4 is 34.9 Å². The third kappa shape index (κ3) is 4.25. The molecule has 4 rings (SSSR count). The Labute approximate surface area is 183 Å². The van der Waals surface area contributed by atoms with Crippen LogP contribution < -0.4 is 5.32 Å². The fraction of sp³-hybridized carbons (Fsp3) is 0.136. The highest BCUT2D eigenvalue weighted by molar-refractivity contribution is 6.35. The lowest BCUT2D eigenvalue weighted by molar-refractivity contribution is 0.101. The number of amides is 1. The third-order valence-corrected chi connectivity index (χ3v) is 5.38. The van der Waals surface area contributed by atoms with E-state index in [0.717, 1.165) is 22.4 Å². The molecule has 0 aliphatic rings. The molecule has 2 heterocycles. The number of nitrogens with zero attached hydrogens (tertiary/aromatic N) is 3. The molecule has 1 amide bonds. The van der Waals surface area contributed by atoms with Gasteiger partial charge in [0.2, 0.25) is 0 Å². The van der Waals surface area contributed by atoms with E-state index in [1.54, 1.807) is 35.0 Å². The number of rotatable bonds is 5. The van der Waals surface area contributed by atoms with Gasteiger partial charge in [-0.15, -0.1) is 0 Å². The molecule has 0 aliphatic heterocycles. The summed E-state index contributed by atoms with van der Waals surface area (Å²) < 4.78 is 7.04. The van der Waals surface area contributed by atoms with Crippen molar-refractivity contribution in [2.24, 2.45) is 0 Å². The van der Waals surface area contributed by atoms with Crippen LogP contribution in [-0.2, 0) is 6.54 Å². The van der Waals surface area contributed by atoms with E-state index in [9.17, 15) is 4.79 Å². The first-order chi connectivity index (χ1) is 14.4. The smallest absolute Gasteiger partial charge is 0.279 e. The summed E-state index contributed by atoms with van der Waals surface area (Å²) in [6.07, 6.45) is 0. The number of hydrogen-bond donors (Lipinski definition) is 1. The average Bonchev–Trinajstić information content (AvgIpc) is 3.33. The number of aromatic nitrogens is 3. The third-order valence-electron chi connectivity index (χ3n) is 4.67. The zero-order valence-corrected chi connectivity index (χ0v) is 17.8. The Kier molecular flexibility index (Phi) is 5.61. The molecule has 0 aliphatic carbocycles. The molecule has 0 fully saturated rings. The zero-order valence-electron chi connectivity index (χ0n) is 16.3. The van der Waals surface area contributed by atoms with Crippen LogP contribution in [0.2, 0.25) is 10.0 Å². The van der Waals surface area contributed by atoms with E-state index >= 15 is 0 Å². The van der Waals surface area contributed by atoms with Crippen LogP contribution in [0.5, 0.6) is 0 Å². The predicted octanol–water partition coefficient (Wildman–Crippen LogP) is 5.76. The summed E-state index contributed by atoms with van der Waals surface area (Å²) in [5.41, 5.74) is 3.78. The SMILES string of the molecule is Cc1ccc(-c2cc(C(=O)Nc3cc(C)n(Cc4c(Cl)cccc4Cl)n3)no2)cc1. The Hall–Kier alpha value is -3.09. The van der Waals surface area contributed by atoms with Crippen molar-refractivity contribution in [3.63, 3.8) is 0 Å². The fourth-order valence-electron chi connectivity index (χ4n) is 2.98. The molecular weight excluding hydrogens is 423 g/mol. The van der Waals surface area contributed by atoms with Gasteiger partial charge in [0.05, 0.1) is 6.54 Å². The summed E-state index contributed by atoms with van der Waals surface area (Å²) in [6.45, 7) is 4.28. The highest BCUT2D eigenvalue weighted by atomic mass is 35.5. The van der Waals surface area contributed by atoms with E-state index in [0.29, 0.717) is 28.2 Å². The minimum Gasteiger partial charge on any atom is -0.355 e. The van der Waals surface area contributed by atoms with E-state index in [4.69, 9.17) is 27.7 Å². The Bertz CT molecular complexity index is 1190. The van der Waals surface area contributed by atoms with Crippen LogP contribution in [0.25, 0.3) is 11.3 Å². The van der Waals surface area contributed by atoms with Crippen molar-refractivity contribution in [3.8, 4) is 11.3 Å². The standard InChI is InChI=1S/C22H18Cl2N4O2/c1-13-6-8-15(9-7-13)20-11-19(27-30-20)22(29)25-21-10-14(2)28(26-21)12-16-17(23)4-3-5-18(16)24/h3-11H,12H2,1-2H3,(H,25,26,29). The van der Waals surface area contributed by atoms with Gasteiger partial charge in [0.15, 0.2) is 17.3 Å². The molecule has 0 atom stereocenters. The highest BCUT2D eigenvalue weighted by Gasteiger charge is 2.16. The molecular formula is C22H18Cl2N4O2. The zero-order chi connectivity index (χ0) is 21.3. The molecule has 8 heteroatoms. The first kappa shape index (κ1) is 20.2. The number of nitrogens with one attached hydrogen (secondary N) is 1. The topological polar surface area (TPSA) is 73.0 Å². The van der Waals surface area contributed by atoms with Crippen LogP contribution in [0.3, 0.4) is 0 Å². The van der Waals surface area contributed by atoms with Crippen LogP contribution in [0.15, 0.2) is 59.1 Å². The molecule has 2 aromatic carbocycles. The maximum absolute atomic E-state index is 12.6. The number of carbonyl (C=O) groups excluding carboxylic acids is 1. The molecule has 0 bridgehead atoms. The molecule has 0 unspecified atom stereocenters. The maximum atomic E-state index is 12.6. The quantitative estimate of drug-likeness (QED) is 0.427. The highest BCUT2D eigenvalue weighted by Crippen LogP contribution is 2.26. The first-order valence-corrected chi connectivity index (χ1v) is 9.99. The molecule has 0 saturated heterocycles. The molecule has 6 nitrogen and oxygen atoms in total. The summed E-state index contributed by atoms with van der Waals surface area (Å²) in [5.74, 6) is 0.522. The van der Waals surface area contributed by atoms with E-state index in [-0.39, 0.29) is 5.69 Å². The number of benzene rings is 2. The van der Waals surface area contributed by atoms with Gasteiger partial charge in [-0.1, -0.05) is 64.3 Å². The molecule has 152 valence electrons. The number of anilines is 1. The van der Waals surface area contributed by atoms with Gasteiger partial charge in [-0.3, -0.25) is 9.48 Å². The van der Waals surface area contributed by atoms with Gasteiger partial charge >= 0.3 is 0 Å². The second-order valence-electron chi connectivity index (χ2n) is 6.93. The Morgan fingerprint density at radius 2 is 1.77 bits per heavy atom. The van der Waals surface area contributed by atoms with Gasteiger partial charge < -0.3 is 9.84 Å². The summed E-state index contributed by atoms with van der Waals surface area (Å²) >= 11 is 12.5. The number of halogens is 2. The maximum Gasteiger partial charge on any atom is 0.279 e. The van der Waals surface area contributed by atoms with Crippen molar-refractivity contribution in [2.75, 3.05) is 5.32 Å². The Balaban J connectivity index is 1.49. The number of aryl methyl sites for hydroxylation is 2. The van der Waals surface area contributed by atoms with Gasteiger partial charge in [0, 0.05) is 39.0 Å². The van der Waals surface area contributed by atoms with Crippen LogP contribution in [-0.4, -0.2) is 20.8 Å². The van der Waals surface area contributed by atoms with E-state index in [1.807, 2.05) is 38.1 Å². The summed E-state index contributed by atoms with van der Waals surface area (Å²) in [5, 5.41) is 12.2. The van der Waals surface area contributed by atoms with Crippen molar-refractivity contribution in [3.05, 3.63) is 87.2 Å². The van der Waals surface area contributed by atoms with Gasteiger partial charge in [0.25, 0.3) is 5.91 Å². The Morgan fingerprint density at radius 1 is 1.07 bits per heavy atom. The molecule has 0 spiro atoms. The van der Waals surface area contributed by atoms with Crippen molar-refractivity contribution < 1.29 is 9.32 Å². The summed E-state index contributed by atoms with van der Waals surface area (Å²) in [7, 11) is 0. The summed E-state index contributed by atoms with van der Waals surface area (Å²) in [6, 6.07) is 16.5. The minimum atomic E-state index is -0.405. The minimum absolute atomic E-state index is 0.173. The van der Waals surface area contributed by atoms with E-state index in [2.05, 4.69) is 15.6 Å². The van der Waals surface area contributed by atoms with E-state index in [1.165, 1.54) is 0 Å². The molecule has 0 saturated carbocycles. The normalized spacial score (nSPS) is 10.9. The summed E-state index contributed by atoms with van der Waals surface area (Å²) in [4.78, 5) is 12.6. The number of hydrogen-bond acceptors (Lipinski definition) is 4. The van der Waals surface area contributed by atoms with Crippen molar-refractivity contribution in [2.45, 2.75) is 20.4 Å².